The number of unbranched alkanes of at least 4 members (excludes halogenated alkanes) is 23. The molecular weight excluding hydrogens is 859 g/mol. The molecule has 69 heavy (non-hydrogen) atoms. The highest BCUT2D eigenvalue weighted by atomic mass is 16.5. The Morgan fingerprint density at radius 3 is 1.23 bits per heavy atom. The highest BCUT2D eigenvalue weighted by molar-refractivity contribution is 5.87. The average Bonchev–Trinajstić information content (AvgIpc) is 3.35. The maximum absolute atomic E-state index is 14.2. The van der Waals surface area contributed by atoms with Crippen LogP contribution in [0.3, 0.4) is 0 Å². The Balaban J connectivity index is 5.20. The van der Waals surface area contributed by atoms with Crippen molar-refractivity contribution >= 4 is 23.8 Å². The van der Waals surface area contributed by atoms with Crippen molar-refractivity contribution in [1.29, 1.82) is 0 Å². The van der Waals surface area contributed by atoms with E-state index in [1.54, 1.807) is 0 Å². The molecule has 0 radical (unpaired) electrons. The molecule has 408 valence electrons. The lowest BCUT2D eigenvalue weighted by atomic mass is 9.96. The summed E-state index contributed by atoms with van der Waals surface area (Å²) in [7, 11) is 0. The number of hydrogen-bond acceptors (Lipinski definition) is 7. The molecule has 3 unspecified atom stereocenters. The van der Waals surface area contributed by atoms with Gasteiger partial charge in [-0.2, -0.15) is 0 Å². The van der Waals surface area contributed by atoms with Gasteiger partial charge in [0, 0.05) is 32.4 Å². The van der Waals surface area contributed by atoms with Crippen LogP contribution in [-0.4, -0.2) is 85.5 Å². The molecule has 0 rings (SSSR count). The Bertz CT molecular complexity index is 1160. The minimum atomic E-state index is -0.445. The third kappa shape index (κ3) is 41.1. The zero-order valence-electron chi connectivity index (χ0n) is 47.1. The van der Waals surface area contributed by atoms with Crippen LogP contribution in [0.5, 0.6) is 0 Å². The van der Waals surface area contributed by atoms with E-state index in [1.165, 1.54) is 116 Å². The lowest BCUT2D eigenvalue weighted by Crippen LogP contribution is -2.50. The molecule has 0 aliphatic rings. The third-order valence-corrected chi connectivity index (χ3v) is 14.6. The first-order valence-electron chi connectivity index (χ1n) is 30.3. The number of ether oxygens (including phenoxy) is 2. The Morgan fingerprint density at radius 1 is 0.391 bits per heavy atom. The molecule has 9 nitrogen and oxygen atoms in total. The predicted molar refractivity (Wildman–Crippen MR) is 294 cm³/mol. The van der Waals surface area contributed by atoms with Crippen molar-refractivity contribution in [3.63, 3.8) is 0 Å². The van der Waals surface area contributed by atoms with Gasteiger partial charge in [0.1, 0.15) is 6.04 Å². The number of nitrogens with zero attached hydrogens (tertiary/aromatic N) is 2. The summed E-state index contributed by atoms with van der Waals surface area (Å²) in [6.45, 7) is 20.9. The van der Waals surface area contributed by atoms with Gasteiger partial charge in [-0.25, -0.2) is 0 Å². The fraction of sp³-hybridized carbons (Fsp3) is 0.933. The highest BCUT2D eigenvalue weighted by Gasteiger charge is 2.29. The number of esters is 2. The topological polar surface area (TPSA) is 105 Å². The monoisotopic (exact) mass is 976 g/mol. The average molecular weight is 977 g/mol. The molecule has 0 aromatic carbocycles. The lowest BCUT2D eigenvalue weighted by Gasteiger charge is -2.32. The second-order valence-electron chi connectivity index (χ2n) is 20.9. The first kappa shape index (κ1) is 66.8. The number of rotatable bonds is 53. The Morgan fingerprint density at radius 2 is 0.768 bits per heavy atom. The zero-order chi connectivity index (χ0) is 50.8. The summed E-state index contributed by atoms with van der Waals surface area (Å²) in [5, 5.41) is 3.27. The van der Waals surface area contributed by atoms with Crippen molar-refractivity contribution < 1.29 is 28.7 Å². The number of carbonyl (C=O) groups is 4. The molecule has 0 aliphatic carbocycles. The van der Waals surface area contributed by atoms with Crippen LogP contribution in [0.15, 0.2) is 0 Å². The van der Waals surface area contributed by atoms with Crippen molar-refractivity contribution in [3.8, 4) is 0 Å². The van der Waals surface area contributed by atoms with Gasteiger partial charge in [-0.3, -0.25) is 19.2 Å². The molecule has 0 saturated heterocycles. The van der Waals surface area contributed by atoms with E-state index in [0.717, 1.165) is 129 Å². The molecule has 3 atom stereocenters. The SMILES string of the molecule is CCCCCCCCNC(=O)C(CCCCCCCCC(=O)OCC(CCCC)CCCCCC)N(CCCN(CC)CC)C(=O)CCCCCCCCC(=O)OCC(CCCC)CCCCCC. The largest absolute Gasteiger partial charge is 0.465 e. The standard InChI is InChI=1S/C60H117N3O6/c1-8-15-20-23-32-39-49-61-60(67)56(45-35-28-24-26-30-37-47-58(65)68-52-54(41-18-11-4)43-33-21-16-9-2)63(51-40-50-62(13-6)14-7)57(64)46-36-29-25-27-31-38-48-59(66)69-53-55(42-19-12-5)44-34-22-17-10-3/h54-56H,8-53H2,1-7H3,(H,61,67). The summed E-state index contributed by atoms with van der Waals surface area (Å²) in [4.78, 5) is 57.7. The second-order valence-corrected chi connectivity index (χ2v) is 20.9. The van der Waals surface area contributed by atoms with Crippen molar-refractivity contribution in [2.75, 3.05) is 45.9 Å². The van der Waals surface area contributed by atoms with Crippen molar-refractivity contribution in [2.24, 2.45) is 11.8 Å². The summed E-state index contributed by atoms with van der Waals surface area (Å²) in [5.41, 5.74) is 0. The van der Waals surface area contributed by atoms with Gasteiger partial charge in [-0.1, -0.05) is 215 Å². The van der Waals surface area contributed by atoms with Crippen LogP contribution in [0.4, 0.5) is 0 Å². The van der Waals surface area contributed by atoms with Crippen molar-refractivity contribution in [3.05, 3.63) is 0 Å². The van der Waals surface area contributed by atoms with E-state index in [2.05, 4.69) is 58.7 Å². The van der Waals surface area contributed by atoms with Crippen LogP contribution in [-0.2, 0) is 28.7 Å². The normalized spacial score (nSPS) is 12.8. The molecule has 0 fully saturated rings. The predicted octanol–water partition coefficient (Wildman–Crippen LogP) is 16.3. The van der Waals surface area contributed by atoms with E-state index in [4.69, 9.17) is 9.47 Å². The molecule has 0 heterocycles. The van der Waals surface area contributed by atoms with Crippen LogP contribution in [0.1, 0.15) is 299 Å². The highest BCUT2D eigenvalue weighted by Crippen LogP contribution is 2.22. The van der Waals surface area contributed by atoms with Crippen molar-refractivity contribution in [1.82, 2.24) is 15.1 Å². The molecular formula is C60H117N3O6. The molecule has 9 heteroatoms. The van der Waals surface area contributed by atoms with E-state index in [-0.39, 0.29) is 23.8 Å². The summed E-state index contributed by atoms with van der Waals surface area (Å²) < 4.78 is 11.5. The quantitative estimate of drug-likeness (QED) is 0.0478. The summed E-state index contributed by atoms with van der Waals surface area (Å²) in [5.74, 6) is 1.02. The Labute approximate surface area is 428 Å². The maximum Gasteiger partial charge on any atom is 0.305 e. The first-order chi connectivity index (χ1) is 33.7. The maximum atomic E-state index is 14.2. The number of nitrogens with one attached hydrogen (secondary N) is 1. The molecule has 0 saturated carbocycles. The molecule has 0 aromatic rings. The van der Waals surface area contributed by atoms with Crippen LogP contribution in [0.25, 0.3) is 0 Å². The summed E-state index contributed by atoms with van der Waals surface area (Å²) in [6, 6.07) is -0.445. The minimum Gasteiger partial charge on any atom is -0.465 e. The molecule has 0 aromatic heterocycles. The van der Waals surface area contributed by atoms with Gasteiger partial charge in [-0.15, -0.1) is 0 Å². The Hall–Kier alpha value is -2.16. The molecule has 0 aliphatic heterocycles. The van der Waals surface area contributed by atoms with Gasteiger partial charge in [0.05, 0.1) is 13.2 Å². The van der Waals surface area contributed by atoms with Crippen LogP contribution in [0, 0.1) is 11.8 Å². The Kier molecular flexibility index (Phi) is 49.2. The van der Waals surface area contributed by atoms with E-state index < -0.39 is 6.04 Å². The van der Waals surface area contributed by atoms with E-state index >= 15 is 0 Å². The van der Waals surface area contributed by atoms with Crippen LogP contribution < -0.4 is 5.32 Å². The zero-order valence-corrected chi connectivity index (χ0v) is 47.1. The van der Waals surface area contributed by atoms with Crippen LogP contribution in [0.2, 0.25) is 0 Å². The van der Waals surface area contributed by atoms with E-state index in [1.807, 2.05) is 4.90 Å². The van der Waals surface area contributed by atoms with E-state index in [0.29, 0.717) is 63.8 Å². The molecule has 0 bridgehead atoms. The van der Waals surface area contributed by atoms with Gasteiger partial charge in [0.15, 0.2) is 0 Å². The van der Waals surface area contributed by atoms with Gasteiger partial charge >= 0.3 is 11.9 Å². The molecule has 2 amide bonds. The molecule has 0 spiro atoms. The minimum absolute atomic E-state index is 0.0122. The van der Waals surface area contributed by atoms with E-state index in [9.17, 15) is 19.2 Å². The fourth-order valence-electron chi connectivity index (χ4n) is 9.73. The molecule has 1 N–H and O–H groups in total. The van der Waals surface area contributed by atoms with Crippen LogP contribution >= 0.6 is 0 Å². The number of amides is 2. The number of hydrogen-bond donors (Lipinski definition) is 1. The van der Waals surface area contributed by atoms with Gasteiger partial charge in [-0.05, 0) is 95.7 Å². The van der Waals surface area contributed by atoms with Gasteiger partial charge in [0.2, 0.25) is 11.8 Å². The van der Waals surface area contributed by atoms with Crippen molar-refractivity contribution in [2.45, 2.75) is 305 Å². The lowest BCUT2D eigenvalue weighted by molar-refractivity contribution is -0.146. The fourth-order valence-corrected chi connectivity index (χ4v) is 9.73. The number of carbonyl (C=O) groups excluding carboxylic acids is 4. The summed E-state index contributed by atoms with van der Waals surface area (Å²) >= 11 is 0. The van der Waals surface area contributed by atoms with Gasteiger partial charge < -0.3 is 24.6 Å². The summed E-state index contributed by atoms with van der Waals surface area (Å²) in [6.07, 6.45) is 41.2. The third-order valence-electron chi connectivity index (χ3n) is 14.6. The first-order valence-corrected chi connectivity index (χ1v) is 30.3. The second kappa shape index (κ2) is 50.8. The smallest absolute Gasteiger partial charge is 0.305 e. The van der Waals surface area contributed by atoms with Gasteiger partial charge in [0.25, 0.3) is 0 Å².